The summed E-state index contributed by atoms with van der Waals surface area (Å²) in [7, 11) is 0. The van der Waals surface area contributed by atoms with Crippen molar-refractivity contribution < 1.29 is 9.52 Å². The average Bonchev–Trinajstić information content (AvgIpc) is 3.09. The first-order valence-electron chi connectivity index (χ1n) is 7.30. The highest BCUT2D eigenvalue weighted by atomic mass is 32.2. The second-order valence-electron chi connectivity index (χ2n) is 5.29. The number of carbonyl (C=O) groups is 1. The molecular weight excluding hydrogens is 330 g/mol. The zero-order valence-corrected chi connectivity index (χ0v) is 14.2. The largest absolute Gasteiger partial charge is 0.618 e. The van der Waals surface area contributed by atoms with Crippen molar-refractivity contribution >= 4 is 34.0 Å². The van der Waals surface area contributed by atoms with Crippen LogP contribution in [0.3, 0.4) is 0 Å². The van der Waals surface area contributed by atoms with Crippen LogP contribution in [0.1, 0.15) is 29.3 Å². The van der Waals surface area contributed by atoms with Crippen LogP contribution in [0.2, 0.25) is 0 Å². The maximum atomic E-state index is 12.4. The van der Waals surface area contributed by atoms with E-state index in [0.717, 1.165) is 29.6 Å². The number of fused-ring (bicyclic) bond motifs is 1. The van der Waals surface area contributed by atoms with Crippen LogP contribution in [-0.4, -0.2) is 11.2 Å². The molecule has 0 saturated carbocycles. The summed E-state index contributed by atoms with van der Waals surface area (Å²) in [6, 6.07) is 7.31. The molecule has 7 heteroatoms. The first-order chi connectivity index (χ1) is 11.1. The standard InChI is InChI=1S/C16H15N3O2S2/c1-10(22-14-7-2-3-8-19(14)21)15(20)18-16-12(9-17)11-5-4-6-13(11)23-16/h2-3,7-8,10H,4-6H2,1H3,(H,18,20)/t10-/m1/s1. The Balaban J connectivity index is 1.72. The third kappa shape index (κ3) is 3.19. The van der Waals surface area contributed by atoms with Gasteiger partial charge in [0.25, 0.3) is 5.03 Å². The molecule has 5 nitrogen and oxygen atoms in total. The first-order valence-corrected chi connectivity index (χ1v) is 9.00. The van der Waals surface area contributed by atoms with Crippen LogP contribution in [0.5, 0.6) is 0 Å². The molecule has 23 heavy (non-hydrogen) atoms. The summed E-state index contributed by atoms with van der Waals surface area (Å²) in [5, 5.41) is 24.5. The van der Waals surface area contributed by atoms with E-state index in [2.05, 4.69) is 11.4 Å². The van der Waals surface area contributed by atoms with Crippen LogP contribution in [0.25, 0.3) is 0 Å². The lowest BCUT2D eigenvalue weighted by Crippen LogP contribution is -2.30. The summed E-state index contributed by atoms with van der Waals surface area (Å²) < 4.78 is 0.745. The van der Waals surface area contributed by atoms with Crippen LogP contribution in [0.4, 0.5) is 5.00 Å². The number of thioether (sulfide) groups is 1. The van der Waals surface area contributed by atoms with Crippen LogP contribution in [-0.2, 0) is 17.6 Å². The van der Waals surface area contributed by atoms with Gasteiger partial charge in [0, 0.05) is 17.0 Å². The Kier molecular flexibility index (Phi) is 4.55. The van der Waals surface area contributed by atoms with Gasteiger partial charge in [-0.3, -0.25) is 4.79 Å². The highest BCUT2D eigenvalue weighted by Crippen LogP contribution is 2.38. The fraction of sp³-hybridized carbons (Fsp3) is 0.312. The summed E-state index contributed by atoms with van der Waals surface area (Å²) in [6.45, 7) is 1.75. The third-order valence-corrected chi connectivity index (χ3v) is 6.06. The Morgan fingerprint density at radius 1 is 1.52 bits per heavy atom. The summed E-state index contributed by atoms with van der Waals surface area (Å²) in [5.74, 6) is -0.199. The quantitative estimate of drug-likeness (QED) is 0.525. The maximum absolute atomic E-state index is 12.4. The number of rotatable bonds is 4. The molecule has 2 aromatic rings. The zero-order chi connectivity index (χ0) is 16.4. The summed E-state index contributed by atoms with van der Waals surface area (Å²) in [4.78, 5) is 13.6. The van der Waals surface area contributed by atoms with Gasteiger partial charge in [-0.1, -0.05) is 0 Å². The molecule has 0 unspecified atom stereocenters. The fourth-order valence-corrected chi connectivity index (χ4v) is 4.66. The van der Waals surface area contributed by atoms with Gasteiger partial charge in [-0.15, -0.1) is 11.3 Å². The SMILES string of the molecule is C[C@@H](Sc1cccc[n+]1[O-])C(=O)Nc1sc2c(c1C#N)CCC2. The fourth-order valence-electron chi connectivity index (χ4n) is 2.56. The van der Waals surface area contributed by atoms with Gasteiger partial charge in [-0.25, -0.2) is 0 Å². The van der Waals surface area contributed by atoms with Crippen molar-refractivity contribution in [1.29, 1.82) is 5.26 Å². The van der Waals surface area contributed by atoms with Crippen LogP contribution >= 0.6 is 23.1 Å². The number of aryl methyl sites for hydroxylation is 1. The summed E-state index contributed by atoms with van der Waals surface area (Å²) in [6.07, 6.45) is 4.38. The van der Waals surface area contributed by atoms with Gasteiger partial charge in [0.2, 0.25) is 5.91 Å². The van der Waals surface area contributed by atoms with E-state index in [0.29, 0.717) is 15.6 Å². The molecule has 0 fully saturated rings. The van der Waals surface area contributed by atoms with Crippen LogP contribution in [0, 0.1) is 16.5 Å². The first kappa shape index (κ1) is 15.8. The highest BCUT2D eigenvalue weighted by molar-refractivity contribution is 8.00. The molecule has 0 aliphatic heterocycles. The zero-order valence-electron chi connectivity index (χ0n) is 12.5. The molecule has 2 aromatic heterocycles. The van der Waals surface area contributed by atoms with Gasteiger partial charge in [0.1, 0.15) is 11.1 Å². The van der Waals surface area contributed by atoms with Gasteiger partial charge < -0.3 is 10.5 Å². The van der Waals surface area contributed by atoms with Gasteiger partial charge in [-0.05, 0) is 49.6 Å². The van der Waals surface area contributed by atoms with E-state index in [1.54, 1.807) is 25.1 Å². The summed E-state index contributed by atoms with van der Waals surface area (Å²) in [5.41, 5.74) is 1.69. The molecule has 0 aromatic carbocycles. The molecule has 1 atom stereocenters. The molecule has 0 radical (unpaired) electrons. The van der Waals surface area contributed by atoms with E-state index in [4.69, 9.17) is 0 Å². The van der Waals surface area contributed by atoms with Gasteiger partial charge in [-0.2, -0.15) is 9.99 Å². The lowest BCUT2D eigenvalue weighted by molar-refractivity contribution is -0.645. The van der Waals surface area contributed by atoms with Gasteiger partial charge >= 0.3 is 0 Å². The number of amides is 1. The van der Waals surface area contributed by atoms with Crippen LogP contribution < -0.4 is 10.0 Å². The van der Waals surface area contributed by atoms with Crippen molar-refractivity contribution in [2.45, 2.75) is 36.5 Å². The lowest BCUT2D eigenvalue weighted by atomic mass is 10.1. The van der Waals surface area contributed by atoms with Crippen molar-refractivity contribution in [3.8, 4) is 6.07 Å². The Morgan fingerprint density at radius 2 is 2.35 bits per heavy atom. The lowest BCUT2D eigenvalue weighted by Gasteiger charge is -2.11. The molecular formula is C16H15N3O2S2. The molecule has 1 amide bonds. The molecule has 118 valence electrons. The van der Waals surface area contributed by atoms with Crippen molar-refractivity contribution in [3.63, 3.8) is 0 Å². The minimum Gasteiger partial charge on any atom is -0.618 e. The topological polar surface area (TPSA) is 79.8 Å². The molecule has 3 rings (SSSR count). The molecule has 2 heterocycles. The molecule has 1 aliphatic carbocycles. The Morgan fingerprint density at radius 3 is 3.09 bits per heavy atom. The Hall–Kier alpha value is -2.04. The Labute approximate surface area is 142 Å². The minimum absolute atomic E-state index is 0.199. The molecule has 0 bridgehead atoms. The Bertz CT molecular complexity index is 795. The number of nitrogens with one attached hydrogen (secondary N) is 1. The number of nitriles is 1. The van der Waals surface area contributed by atoms with Gasteiger partial charge in [0.05, 0.1) is 10.8 Å². The van der Waals surface area contributed by atoms with E-state index >= 15 is 0 Å². The van der Waals surface area contributed by atoms with E-state index in [1.165, 1.54) is 34.2 Å². The molecule has 1 N–H and O–H groups in total. The van der Waals surface area contributed by atoms with E-state index in [9.17, 15) is 15.3 Å². The number of thiophene rings is 1. The van der Waals surface area contributed by atoms with Crippen molar-refractivity contribution in [2.75, 3.05) is 5.32 Å². The van der Waals surface area contributed by atoms with Crippen molar-refractivity contribution in [2.24, 2.45) is 0 Å². The monoisotopic (exact) mass is 345 g/mol. The molecule has 1 aliphatic rings. The number of aromatic nitrogens is 1. The highest BCUT2D eigenvalue weighted by Gasteiger charge is 2.25. The van der Waals surface area contributed by atoms with E-state index in [1.807, 2.05) is 0 Å². The number of pyridine rings is 1. The van der Waals surface area contributed by atoms with Crippen molar-refractivity contribution in [1.82, 2.24) is 0 Å². The van der Waals surface area contributed by atoms with Crippen molar-refractivity contribution in [3.05, 3.63) is 45.6 Å². The second kappa shape index (κ2) is 6.60. The predicted octanol–water partition coefficient (Wildman–Crippen LogP) is 2.86. The van der Waals surface area contributed by atoms with E-state index in [-0.39, 0.29) is 5.91 Å². The third-order valence-electron chi connectivity index (χ3n) is 3.73. The van der Waals surface area contributed by atoms with Gasteiger partial charge in [0.15, 0.2) is 6.20 Å². The maximum Gasteiger partial charge on any atom is 0.252 e. The van der Waals surface area contributed by atoms with E-state index < -0.39 is 5.25 Å². The number of carbonyl (C=O) groups excluding carboxylic acids is 1. The smallest absolute Gasteiger partial charge is 0.252 e. The molecule has 0 spiro atoms. The number of anilines is 1. The second-order valence-corrected chi connectivity index (χ2v) is 7.75. The molecule has 0 saturated heterocycles. The van der Waals surface area contributed by atoms with Crippen LogP contribution in [0.15, 0.2) is 29.4 Å². The number of nitrogens with zero attached hydrogens (tertiary/aromatic N) is 2. The summed E-state index contributed by atoms with van der Waals surface area (Å²) >= 11 is 2.70. The number of hydrogen-bond acceptors (Lipinski definition) is 5. The normalized spacial score (nSPS) is 14.1. The minimum atomic E-state index is -0.430. The predicted molar refractivity (Wildman–Crippen MR) is 90.4 cm³/mol. The average molecular weight is 345 g/mol. The number of hydrogen-bond donors (Lipinski definition) is 1.